The molecule has 0 aromatic carbocycles. The molecule has 1 aliphatic carbocycles. The van der Waals surface area contributed by atoms with Crippen LogP contribution in [0.1, 0.15) is 23.3 Å². The van der Waals surface area contributed by atoms with E-state index in [0.717, 1.165) is 49.3 Å². The Hall–Kier alpha value is -2.48. The van der Waals surface area contributed by atoms with Crippen molar-refractivity contribution in [2.24, 2.45) is 5.41 Å². The lowest BCUT2D eigenvalue weighted by atomic mass is 10.1. The van der Waals surface area contributed by atoms with Gasteiger partial charge in [-0.2, -0.15) is 4.37 Å². The predicted molar refractivity (Wildman–Crippen MR) is 95.8 cm³/mol. The molecule has 1 amide bonds. The minimum Gasteiger partial charge on any atom is -0.354 e. The Morgan fingerprint density at radius 3 is 2.92 bits per heavy atom. The van der Waals surface area contributed by atoms with Gasteiger partial charge in [-0.1, -0.05) is 0 Å². The van der Waals surface area contributed by atoms with Gasteiger partial charge in [0.15, 0.2) is 0 Å². The number of anilines is 1. The van der Waals surface area contributed by atoms with Crippen LogP contribution in [-0.4, -0.2) is 56.3 Å². The zero-order chi connectivity index (χ0) is 16.9. The van der Waals surface area contributed by atoms with Crippen molar-refractivity contribution in [1.29, 1.82) is 0 Å². The fraction of sp³-hybridized carbons (Fsp3) is 0.412. The first-order chi connectivity index (χ1) is 12.2. The third-order valence-corrected chi connectivity index (χ3v) is 5.79. The number of hydrogen-bond donors (Lipinski definition) is 1. The van der Waals surface area contributed by atoms with Crippen LogP contribution in [-0.2, 0) is 0 Å². The monoisotopic (exact) mass is 354 g/mol. The number of nitrogens with zero attached hydrogens (tertiary/aromatic N) is 5. The average molecular weight is 354 g/mol. The Morgan fingerprint density at radius 2 is 2.12 bits per heavy atom. The predicted octanol–water partition coefficient (Wildman–Crippen LogP) is 2.16. The number of fused-ring (bicyclic) bond motifs is 1. The van der Waals surface area contributed by atoms with E-state index in [2.05, 4.69) is 24.2 Å². The standard InChI is InChI=1S/C17H18N6OS/c24-16(13-2-8-25-21-13)23-7-6-22(9-17(10-23)3-4-17)15-12-1-5-18-14(12)19-11-20-15/h1-2,5,8,11H,3-4,6-7,9-10H2,(H,18,19,20). The number of nitrogens with one attached hydrogen (secondary N) is 1. The van der Waals surface area contributed by atoms with E-state index >= 15 is 0 Å². The lowest BCUT2D eigenvalue weighted by Crippen LogP contribution is -2.36. The molecule has 2 fully saturated rings. The van der Waals surface area contributed by atoms with Gasteiger partial charge in [-0.15, -0.1) is 0 Å². The number of carbonyl (C=O) groups is 1. The maximum absolute atomic E-state index is 12.8. The van der Waals surface area contributed by atoms with Crippen molar-refractivity contribution in [3.8, 4) is 0 Å². The van der Waals surface area contributed by atoms with Gasteiger partial charge in [-0.3, -0.25) is 4.79 Å². The van der Waals surface area contributed by atoms with Crippen molar-refractivity contribution >= 4 is 34.3 Å². The maximum Gasteiger partial charge on any atom is 0.273 e. The molecule has 3 aromatic heterocycles. The minimum absolute atomic E-state index is 0.0452. The Kier molecular flexibility index (Phi) is 3.27. The van der Waals surface area contributed by atoms with Gasteiger partial charge in [-0.05, 0) is 36.5 Å². The first-order valence-electron chi connectivity index (χ1n) is 8.47. The van der Waals surface area contributed by atoms with Crippen LogP contribution in [0.15, 0.2) is 30.0 Å². The van der Waals surface area contributed by atoms with Crippen molar-refractivity contribution < 1.29 is 4.79 Å². The van der Waals surface area contributed by atoms with Gasteiger partial charge in [-0.25, -0.2) is 9.97 Å². The third kappa shape index (κ3) is 2.57. The molecular weight excluding hydrogens is 336 g/mol. The fourth-order valence-corrected chi connectivity index (χ4v) is 4.21. The third-order valence-electron chi connectivity index (χ3n) is 5.23. The largest absolute Gasteiger partial charge is 0.354 e. The second-order valence-corrected chi connectivity index (χ2v) is 7.64. The zero-order valence-corrected chi connectivity index (χ0v) is 14.5. The molecule has 0 radical (unpaired) electrons. The summed E-state index contributed by atoms with van der Waals surface area (Å²) in [4.78, 5) is 29.0. The molecule has 0 atom stereocenters. The van der Waals surface area contributed by atoms with E-state index in [9.17, 15) is 4.79 Å². The molecule has 2 aliphatic rings. The summed E-state index contributed by atoms with van der Waals surface area (Å²) in [6.07, 6.45) is 5.82. The second kappa shape index (κ2) is 5.52. The summed E-state index contributed by atoms with van der Waals surface area (Å²) in [5.74, 6) is 1.00. The number of aromatic amines is 1. The van der Waals surface area contributed by atoms with Crippen LogP contribution in [0.25, 0.3) is 11.0 Å². The van der Waals surface area contributed by atoms with Crippen molar-refractivity contribution in [2.75, 3.05) is 31.1 Å². The number of H-pyrrole nitrogens is 1. The molecule has 4 heterocycles. The minimum atomic E-state index is 0.0452. The summed E-state index contributed by atoms with van der Waals surface area (Å²) in [7, 11) is 0. The smallest absolute Gasteiger partial charge is 0.273 e. The molecule has 1 spiro atoms. The number of amides is 1. The quantitative estimate of drug-likeness (QED) is 0.763. The molecule has 8 heteroatoms. The van der Waals surface area contributed by atoms with Gasteiger partial charge in [0.1, 0.15) is 23.5 Å². The van der Waals surface area contributed by atoms with Crippen LogP contribution in [0.5, 0.6) is 0 Å². The van der Waals surface area contributed by atoms with Crippen LogP contribution < -0.4 is 4.90 Å². The average Bonchev–Trinajstić information content (AvgIpc) is 3.03. The molecule has 128 valence electrons. The second-order valence-electron chi connectivity index (χ2n) is 6.97. The number of aromatic nitrogens is 4. The molecule has 1 N–H and O–H groups in total. The van der Waals surface area contributed by atoms with Crippen molar-refractivity contribution in [1.82, 2.24) is 24.2 Å². The van der Waals surface area contributed by atoms with Gasteiger partial charge in [0.05, 0.1) is 5.39 Å². The Morgan fingerprint density at radius 1 is 1.20 bits per heavy atom. The summed E-state index contributed by atoms with van der Waals surface area (Å²) >= 11 is 1.32. The highest BCUT2D eigenvalue weighted by Crippen LogP contribution is 2.48. The van der Waals surface area contributed by atoms with Gasteiger partial charge >= 0.3 is 0 Å². The molecule has 1 saturated carbocycles. The van der Waals surface area contributed by atoms with Crippen LogP contribution in [0.3, 0.4) is 0 Å². The fourth-order valence-electron chi connectivity index (χ4n) is 3.70. The first kappa shape index (κ1) is 14.8. The van der Waals surface area contributed by atoms with E-state index in [-0.39, 0.29) is 11.3 Å². The van der Waals surface area contributed by atoms with E-state index in [0.29, 0.717) is 12.2 Å². The summed E-state index contributed by atoms with van der Waals surface area (Å²) in [5, 5.41) is 2.89. The number of hydrogen-bond acceptors (Lipinski definition) is 6. The zero-order valence-electron chi connectivity index (χ0n) is 13.7. The van der Waals surface area contributed by atoms with E-state index in [1.807, 2.05) is 28.6 Å². The summed E-state index contributed by atoms with van der Waals surface area (Å²) in [6.45, 7) is 3.20. The van der Waals surface area contributed by atoms with Gasteiger partial charge < -0.3 is 14.8 Å². The van der Waals surface area contributed by atoms with Gasteiger partial charge in [0, 0.05) is 43.2 Å². The normalized spacial score (nSPS) is 19.4. The highest BCUT2D eigenvalue weighted by Gasteiger charge is 2.48. The van der Waals surface area contributed by atoms with E-state index in [4.69, 9.17) is 0 Å². The van der Waals surface area contributed by atoms with Gasteiger partial charge in [0.2, 0.25) is 0 Å². The molecule has 0 unspecified atom stereocenters. The Labute approximate surface area is 148 Å². The summed E-state index contributed by atoms with van der Waals surface area (Å²) in [6, 6.07) is 3.83. The SMILES string of the molecule is O=C(c1ccsn1)N1CCN(c2ncnc3[nH]ccc23)CC2(CC2)C1. The molecule has 1 aliphatic heterocycles. The first-order valence-corrected chi connectivity index (χ1v) is 9.31. The molecule has 1 saturated heterocycles. The van der Waals surface area contributed by atoms with Gasteiger partial charge in [0.25, 0.3) is 5.91 Å². The molecule has 5 rings (SSSR count). The van der Waals surface area contributed by atoms with Crippen molar-refractivity contribution in [3.63, 3.8) is 0 Å². The topological polar surface area (TPSA) is 78.0 Å². The van der Waals surface area contributed by atoms with E-state index in [1.165, 1.54) is 11.5 Å². The number of carbonyl (C=O) groups excluding carboxylic acids is 1. The molecule has 7 nitrogen and oxygen atoms in total. The Balaban J connectivity index is 1.45. The van der Waals surface area contributed by atoms with Crippen LogP contribution in [0, 0.1) is 5.41 Å². The van der Waals surface area contributed by atoms with Crippen LogP contribution in [0.2, 0.25) is 0 Å². The number of rotatable bonds is 2. The lowest BCUT2D eigenvalue weighted by molar-refractivity contribution is 0.0736. The highest BCUT2D eigenvalue weighted by molar-refractivity contribution is 7.03. The summed E-state index contributed by atoms with van der Waals surface area (Å²) < 4.78 is 4.21. The van der Waals surface area contributed by atoms with Crippen molar-refractivity contribution in [3.05, 3.63) is 35.7 Å². The molecular formula is C17H18N6OS. The van der Waals surface area contributed by atoms with E-state index < -0.39 is 0 Å². The highest BCUT2D eigenvalue weighted by atomic mass is 32.1. The molecule has 25 heavy (non-hydrogen) atoms. The molecule has 3 aromatic rings. The van der Waals surface area contributed by atoms with Crippen LogP contribution >= 0.6 is 11.5 Å². The van der Waals surface area contributed by atoms with Crippen molar-refractivity contribution in [2.45, 2.75) is 12.8 Å². The maximum atomic E-state index is 12.8. The van der Waals surface area contributed by atoms with E-state index in [1.54, 1.807) is 6.33 Å². The lowest BCUT2D eigenvalue weighted by Gasteiger charge is -2.25. The summed E-state index contributed by atoms with van der Waals surface area (Å²) in [5.41, 5.74) is 1.61. The Bertz CT molecular complexity index is 916. The molecule has 0 bridgehead atoms. The van der Waals surface area contributed by atoms with Crippen LogP contribution in [0.4, 0.5) is 5.82 Å².